The van der Waals surface area contributed by atoms with Crippen LogP contribution >= 0.6 is 0 Å². The average Bonchev–Trinajstić information content (AvgIpc) is 3.22. The van der Waals surface area contributed by atoms with E-state index in [1.165, 1.54) is 11.1 Å². The predicted octanol–water partition coefficient (Wildman–Crippen LogP) is 3.93. The molecule has 1 unspecified atom stereocenters. The fourth-order valence-corrected chi connectivity index (χ4v) is 3.95. The number of nitrogens with zero attached hydrogens (tertiary/aromatic N) is 3. The van der Waals surface area contributed by atoms with Crippen LogP contribution in [0, 0.1) is 23.7 Å². The Morgan fingerprint density at radius 1 is 1.20 bits per heavy atom. The number of nitriles is 1. The Labute approximate surface area is 148 Å². The molecule has 0 spiro atoms. The van der Waals surface area contributed by atoms with Gasteiger partial charge >= 0.3 is 0 Å². The number of aromatic nitrogens is 1. The minimum atomic E-state index is 0.321. The van der Waals surface area contributed by atoms with Crippen molar-refractivity contribution in [3.63, 3.8) is 0 Å². The fraction of sp³-hybridized carbons (Fsp3) is 0.227. The van der Waals surface area contributed by atoms with E-state index in [2.05, 4.69) is 47.4 Å². The van der Waals surface area contributed by atoms with E-state index in [-0.39, 0.29) is 0 Å². The molecule has 0 aliphatic heterocycles. The largest absolute Gasteiger partial charge is 0.322 e. The van der Waals surface area contributed by atoms with Gasteiger partial charge in [-0.15, -0.1) is 6.42 Å². The number of pyridine rings is 1. The summed E-state index contributed by atoms with van der Waals surface area (Å²) >= 11 is 0. The van der Waals surface area contributed by atoms with Gasteiger partial charge in [-0.25, -0.2) is 0 Å². The number of hydrogen-bond donors (Lipinski definition) is 0. The van der Waals surface area contributed by atoms with Gasteiger partial charge in [0.25, 0.3) is 0 Å². The Bertz CT molecular complexity index is 1000. The lowest BCUT2D eigenvalue weighted by Gasteiger charge is -2.27. The minimum absolute atomic E-state index is 0.321. The molecule has 4 rings (SSSR count). The number of terminal acetylenes is 1. The summed E-state index contributed by atoms with van der Waals surface area (Å²) in [6.45, 7) is 1.27. The van der Waals surface area contributed by atoms with Crippen molar-refractivity contribution in [2.75, 3.05) is 6.54 Å². The van der Waals surface area contributed by atoms with E-state index in [4.69, 9.17) is 6.42 Å². The molecule has 25 heavy (non-hydrogen) atoms. The highest BCUT2D eigenvalue weighted by Gasteiger charge is 2.28. The molecule has 1 aliphatic carbocycles. The van der Waals surface area contributed by atoms with E-state index in [0.717, 1.165) is 29.5 Å². The summed E-state index contributed by atoms with van der Waals surface area (Å²) in [5, 5.41) is 9.65. The van der Waals surface area contributed by atoms with Crippen LogP contribution in [0.4, 0.5) is 0 Å². The third-order valence-corrected chi connectivity index (χ3v) is 5.08. The first-order valence-corrected chi connectivity index (χ1v) is 8.56. The lowest BCUT2D eigenvalue weighted by atomic mass is 10.1. The number of fused-ring (bicyclic) bond motifs is 2. The molecule has 1 aliphatic rings. The molecule has 122 valence electrons. The van der Waals surface area contributed by atoms with Crippen LogP contribution in [0.5, 0.6) is 0 Å². The van der Waals surface area contributed by atoms with E-state index in [9.17, 15) is 5.26 Å². The highest BCUT2D eigenvalue weighted by Crippen LogP contribution is 2.36. The van der Waals surface area contributed by atoms with Crippen LogP contribution in [0.15, 0.2) is 54.9 Å². The molecular formula is C22H19N3. The van der Waals surface area contributed by atoms with Crippen LogP contribution in [0.2, 0.25) is 0 Å². The molecule has 3 nitrogen and oxygen atoms in total. The molecule has 0 N–H and O–H groups in total. The molecule has 0 amide bonds. The fourth-order valence-electron chi connectivity index (χ4n) is 3.95. The zero-order valence-electron chi connectivity index (χ0n) is 14.0. The molecular weight excluding hydrogens is 306 g/mol. The van der Waals surface area contributed by atoms with Crippen molar-refractivity contribution in [3.05, 3.63) is 77.1 Å². The van der Waals surface area contributed by atoms with Crippen molar-refractivity contribution >= 4 is 5.52 Å². The molecule has 3 heteroatoms. The van der Waals surface area contributed by atoms with Gasteiger partial charge in [-0.05, 0) is 36.1 Å². The monoisotopic (exact) mass is 325 g/mol. The molecule has 0 fully saturated rings. The van der Waals surface area contributed by atoms with Gasteiger partial charge in [-0.3, -0.25) is 4.90 Å². The van der Waals surface area contributed by atoms with Crippen LogP contribution in [0.25, 0.3) is 5.52 Å². The third-order valence-electron chi connectivity index (χ3n) is 5.08. The summed E-state index contributed by atoms with van der Waals surface area (Å²) in [6, 6.07) is 17.2. The number of aryl methyl sites for hydroxylation is 1. The van der Waals surface area contributed by atoms with E-state index in [1.54, 1.807) is 0 Å². The van der Waals surface area contributed by atoms with Gasteiger partial charge < -0.3 is 4.40 Å². The van der Waals surface area contributed by atoms with Crippen LogP contribution in [0.3, 0.4) is 0 Å². The van der Waals surface area contributed by atoms with E-state index in [0.29, 0.717) is 19.1 Å². The summed E-state index contributed by atoms with van der Waals surface area (Å²) in [5.41, 5.74) is 5.52. The van der Waals surface area contributed by atoms with Crippen molar-refractivity contribution in [1.82, 2.24) is 9.30 Å². The molecule has 3 aromatic rings. The second-order valence-corrected chi connectivity index (χ2v) is 6.50. The van der Waals surface area contributed by atoms with Gasteiger partial charge in [-0.1, -0.05) is 36.3 Å². The number of rotatable bonds is 4. The molecule has 0 bridgehead atoms. The lowest BCUT2D eigenvalue weighted by molar-refractivity contribution is 0.213. The molecule has 1 aromatic carbocycles. The summed E-state index contributed by atoms with van der Waals surface area (Å²) in [7, 11) is 0. The quantitative estimate of drug-likeness (QED) is 0.681. The average molecular weight is 325 g/mol. The molecule has 2 heterocycles. The zero-order chi connectivity index (χ0) is 17.2. The van der Waals surface area contributed by atoms with E-state index >= 15 is 0 Å². The Morgan fingerprint density at radius 2 is 2.04 bits per heavy atom. The standard InChI is InChI=1S/C22H19N3/c1-2-12-24(22-11-10-17-7-3-4-8-19(17)22)15-18-16-25-13-6-5-9-21(25)20(18)14-23/h1,3-9,13,16,22H,10-12,15H2. The SMILES string of the molecule is C#CCN(Cc1cn2ccccc2c1C#N)C1CCc2ccccc21. The van der Waals surface area contributed by atoms with Crippen LogP contribution in [0.1, 0.15) is 34.7 Å². The van der Waals surface area contributed by atoms with Crippen molar-refractivity contribution in [2.24, 2.45) is 0 Å². The van der Waals surface area contributed by atoms with Crippen LogP contribution in [-0.4, -0.2) is 15.8 Å². The molecule has 2 aromatic heterocycles. The third kappa shape index (κ3) is 2.70. The Balaban J connectivity index is 1.70. The first-order chi connectivity index (χ1) is 12.3. The summed E-state index contributed by atoms with van der Waals surface area (Å²) in [5.74, 6) is 2.80. The van der Waals surface area contributed by atoms with Crippen molar-refractivity contribution < 1.29 is 0 Å². The van der Waals surface area contributed by atoms with Crippen molar-refractivity contribution in [1.29, 1.82) is 5.26 Å². The Hall–Kier alpha value is -3.01. The maximum atomic E-state index is 9.65. The second-order valence-electron chi connectivity index (χ2n) is 6.50. The van der Waals surface area contributed by atoms with Gasteiger partial charge in [0.05, 0.1) is 17.6 Å². The topological polar surface area (TPSA) is 31.4 Å². The predicted molar refractivity (Wildman–Crippen MR) is 98.9 cm³/mol. The second kappa shape index (κ2) is 6.48. The summed E-state index contributed by atoms with van der Waals surface area (Å²) < 4.78 is 2.02. The lowest BCUT2D eigenvalue weighted by Crippen LogP contribution is -2.27. The molecule has 0 saturated carbocycles. The number of benzene rings is 1. The van der Waals surface area contributed by atoms with Gasteiger partial charge in [0.2, 0.25) is 0 Å². The van der Waals surface area contributed by atoms with Gasteiger partial charge in [0.15, 0.2) is 0 Å². The zero-order valence-corrected chi connectivity index (χ0v) is 14.0. The molecule has 0 radical (unpaired) electrons. The normalized spacial score (nSPS) is 15.9. The Kier molecular flexibility index (Phi) is 4.02. The maximum absolute atomic E-state index is 9.65. The summed E-state index contributed by atoms with van der Waals surface area (Å²) in [6.07, 6.45) is 11.9. The van der Waals surface area contributed by atoms with E-state index < -0.39 is 0 Å². The van der Waals surface area contributed by atoms with Crippen LogP contribution in [-0.2, 0) is 13.0 Å². The smallest absolute Gasteiger partial charge is 0.102 e. The minimum Gasteiger partial charge on any atom is -0.322 e. The molecule has 0 saturated heterocycles. The van der Waals surface area contributed by atoms with Crippen molar-refractivity contribution in [2.45, 2.75) is 25.4 Å². The van der Waals surface area contributed by atoms with Crippen LogP contribution < -0.4 is 0 Å². The van der Waals surface area contributed by atoms with Gasteiger partial charge in [0.1, 0.15) is 6.07 Å². The van der Waals surface area contributed by atoms with Crippen molar-refractivity contribution in [3.8, 4) is 18.4 Å². The number of hydrogen-bond acceptors (Lipinski definition) is 2. The first kappa shape index (κ1) is 15.5. The Morgan fingerprint density at radius 3 is 2.88 bits per heavy atom. The van der Waals surface area contributed by atoms with E-state index in [1.807, 2.05) is 28.8 Å². The highest BCUT2D eigenvalue weighted by molar-refractivity contribution is 5.65. The first-order valence-electron chi connectivity index (χ1n) is 8.56. The highest BCUT2D eigenvalue weighted by atomic mass is 15.2. The van der Waals surface area contributed by atoms with Gasteiger partial charge in [-0.2, -0.15) is 5.26 Å². The van der Waals surface area contributed by atoms with Gasteiger partial charge in [0, 0.05) is 30.5 Å². The molecule has 1 atom stereocenters. The summed E-state index contributed by atoms with van der Waals surface area (Å²) in [4.78, 5) is 2.32. The maximum Gasteiger partial charge on any atom is 0.102 e.